The molecule has 0 spiro atoms. The van der Waals surface area contributed by atoms with E-state index in [1.807, 2.05) is 6.07 Å². The number of pyridine rings is 1. The van der Waals surface area contributed by atoms with Gasteiger partial charge in [0.05, 0.1) is 6.21 Å². The SMILES string of the molecule is CSNC(=O)N/N=C/c1cccnc1. The van der Waals surface area contributed by atoms with E-state index in [1.165, 1.54) is 18.2 Å². The number of rotatable bonds is 3. The van der Waals surface area contributed by atoms with Gasteiger partial charge in [-0.1, -0.05) is 18.0 Å². The zero-order valence-corrected chi connectivity index (χ0v) is 8.41. The van der Waals surface area contributed by atoms with Crippen molar-refractivity contribution in [1.29, 1.82) is 0 Å². The second kappa shape index (κ2) is 5.98. The highest BCUT2D eigenvalue weighted by Gasteiger charge is 1.92. The molecular weight excluding hydrogens is 200 g/mol. The lowest BCUT2D eigenvalue weighted by Gasteiger charge is -1.97. The van der Waals surface area contributed by atoms with Crippen LogP contribution >= 0.6 is 11.9 Å². The molecule has 14 heavy (non-hydrogen) atoms. The second-order valence-corrected chi connectivity index (χ2v) is 2.90. The number of hydrazone groups is 1. The molecule has 1 rings (SSSR count). The third kappa shape index (κ3) is 3.90. The van der Waals surface area contributed by atoms with E-state index < -0.39 is 0 Å². The normalized spacial score (nSPS) is 10.1. The predicted octanol–water partition coefficient (Wildman–Crippen LogP) is 0.993. The second-order valence-electron chi connectivity index (χ2n) is 2.29. The van der Waals surface area contributed by atoms with Crippen LogP contribution in [0.5, 0.6) is 0 Å². The fraction of sp³-hybridized carbons (Fsp3) is 0.125. The van der Waals surface area contributed by atoms with Crippen molar-refractivity contribution in [2.45, 2.75) is 0 Å². The van der Waals surface area contributed by atoms with Crippen molar-refractivity contribution >= 4 is 24.2 Å². The van der Waals surface area contributed by atoms with Crippen molar-refractivity contribution < 1.29 is 4.79 Å². The Kier molecular flexibility index (Phi) is 4.49. The first-order chi connectivity index (χ1) is 6.83. The Bertz CT molecular complexity index is 314. The van der Waals surface area contributed by atoms with Gasteiger partial charge >= 0.3 is 6.03 Å². The fourth-order valence-corrected chi connectivity index (χ4v) is 0.964. The highest BCUT2D eigenvalue weighted by molar-refractivity contribution is 7.97. The highest BCUT2D eigenvalue weighted by Crippen LogP contribution is 1.89. The number of nitrogens with zero attached hydrogens (tertiary/aromatic N) is 2. The van der Waals surface area contributed by atoms with Crippen molar-refractivity contribution in [1.82, 2.24) is 15.1 Å². The van der Waals surface area contributed by atoms with Gasteiger partial charge in [0.15, 0.2) is 0 Å². The molecule has 0 aliphatic rings. The van der Waals surface area contributed by atoms with Crippen LogP contribution in [0.4, 0.5) is 4.79 Å². The van der Waals surface area contributed by atoms with Gasteiger partial charge in [0.2, 0.25) is 0 Å². The minimum atomic E-state index is -0.349. The summed E-state index contributed by atoms with van der Waals surface area (Å²) in [4.78, 5) is 14.8. The van der Waals surface area contributed by atoms with Gasteiger partial charge in [-0.3, -0.25) is 9.71 Å². The third-order valence-corrected chi connectivity index (χ3v) is 1.65. The lowest BCUT2D eigenvalue weighted by atomic mass is 10.3. The molecule has 5 nitrogen and oxygen atoms in total. The Morgan fingerprint density at radius 3 is 3.21 bits per heavy atom. The molecule has 74 valence electrons. The van der Waals surface area contributed by atoms with E-state index in [1.54, 1.807) is 24.7 Å². The van der Waals surface area contributed by atoms with Crippen LogP contribution in [0, 0.1) is 0 Å². The number of carbonyl (C=O) groups excluding carboxylic acids is 1. The molecule has 2 amide bonds. The van der Waals surface area contributed by atoms with Crippen LogP contribution in [0.3, 0.4) is 0 Å². The molecule has 0 aliphatic heterocycles. The van der Waals surface area contributed by atoms with Crippen LogP contribution in [-0.2, 0) is 0 Å². The number of amides is 2. The van der Waals surface area contributed by atoms with Crippen molar-refractivity contribution in [2.75, 3.05) is 6.26 Å². The molecule has 1 aromatic rings. The summed E-state index contributed by atoms with van der Waals surface area (Å²) < 4.78 is 2.47. The quantitative estimate of drug-likeness (QED) is 0.444. The monoisotopic (exact) mass is 210 g/mol. The Morgan fingerprint density at radius 2 is 2.57 bits per heavy atom. The molecule has 0 atom stereocenters. The molecule has 0 bridgehead atoms. The summed E-state index contributed by atoms with van der Waals surface area (Å²) in [6.07, 6.45) is 6.60. The molecular formula is C8H10N4OS. The summed E-state index contributed by atoms with van der Waals surface area (Å²) in [6.45, 7) is 0. The van der Waals surface area contributed by atoms with E-state index in [0.29, 0.717) is 0 Å². The highest BCUT2D eigenvalue weighted by atomic mass is 32.2. The van der Waals surface area contributed by atoms with Gasteiger partial charge in [0.25, 0.3) is 0 Å². The molecule has 0 saturated heterocycles. The predicted molar refractivity (Wildman–Crippen MR) is 57.0 cm³/mol. The van der Waals surface area contributed by atoms with Crippen LogP contribution in [0.15, 0.2) is 29.6 Å². The molecule has 0 aliphatic carbocycles. The standard InChI is InChI=1S/C8H10N4OS/c1-14-12-8(13)11-10-6-7-3-2-4-9-5-7/h2-6H,1H3,(H2,11,12,13)/b10-6+. The fourth-order valence-electron chi connectivity index (χ4n) is 0.733. The van der Waals surface area contributed by atoms with E-state index >= 15 is 0 Å². The topological polar surface area (TPSA) is 66.4 Å². The van der Waals surface area contributed by atoms with Crippen LogP contribution < -0.4 is 10.1 Å². The maximum absolute atomic E-state index is 10.9. The van der Waals surface area contributed by atoms with E-state index in [2.05, 4.69) is 20.2 Å². The lowest BCUT2D eigenvalue weighted by Crippen LogP contribution is -2.26. The van der Waals surface area contributed by atoms with Crippen molar-refractivity contribution in [3.8, 4) is 0 Å². The summed E-state index contributed by atoms with van der Waals surface area (Å²) in [5.41, 5.74) is 3.13. The van der Waals surface area contributed by atoms with Crippen molar-refractivity contribution in [3.63, 3.8) is 0 Å². The Morgan fingerprint density at radius 1 is 1.71 bits per heavy atom. The van der Waals surface area contributed by atoms with Gasteiger partial charge in [0.1, 0.15) is 0 Å². The first-order valence-corrected chi connectivity index (χ1v) is 5.07. The summed E-state index contributed by atoms with van der Waals surface area (Å²) in [7, 11) is 0. The average Bonchev–Trinajstić information content (AvgIpc) is 2.20. The molecule has 2 N–H and O–H groups in total. The van der Waals surface area contributed by atoms with Gasteiger partial charge in [0, 0.05) is 24.2 Å². The van der Waals surface area contributed by atoms with Gasteiger partial charge in [-0.15, -0.1) is 0 Å². The number of nitrogens with one attached hydrogen (secondary N) is 2. The van der Waals surface area contributed by atoms with Crippen LogP contribution in [-0.4, -0.2) is 23.5 Å². The summed E-state index contributed by atoms with van der Waals surface area (Å²) in [5.74, 6) is 0. The van der Waals surface area contributed by atoms with Gasteiger partial charge < -0.3 is 0 Å². The smallest absolute Gasteiger partial charge is 0.281 e. The Labute approximate surface area is 86.1 Å². The maximum Gasteiger partial charge on any atom is 0.345 e. The minimum absolute atomic E-state index is 0.349. The van der Waals surface area contributed by atoms with Crippen LogP contribution in [0.2, 0.25) is 0 Å². The van der Waals surface area contributed by atoms with Crippen molar-refractivity contribution in [2.24, 2.45) is 5.10 Å². The largest absolute Gasteiger partial charge is 0.345 e. The molecule has 0 unspecified atom stereocenters. The third-order valence-electron chi connectivity index (χ3n) is 1.26. The van der Waals surface area contributed by atoms with Crippen molar-refractivity contribution in [3.05, 3.63) is 30.1 Å². The van der Waals surface area contributed by atoms with Crippen LogP contribution in [0.1, 0.15) is 5.56 Å². The minimum Gasteiger partial charge on any atom is -0.281 e. The number of hydrogen-bond donors (Lipinski definition) is 2. The molecule has 1 aromatic heterocycles. The summed E-state index contributed by atoms with van der Waals surface area (Å²) in [6, 6.07) is 3.28. The Hall–Kier alpha value is -1.56. The molecule has 0 saturated carbocycles. The maximum atomic E-state index is 10.9. The van der Waals surface area contributed by atoms with Gasteiger partial charge in [-0.2, -0.15) is 5.10 Å². The number of hydrogen-bond acceptors (Lipinski definition) is 4. The molecule has 0 fully saturated rings. The first kappa shape index (κ1) is 10.5. The molecule has 1 heterocycles. The zero-order valence-electron chi connectivity index (χ0n) is 7.60. The molecule has 6 heteroatoms. The number of aromatic nitrogens is 1. The zero-order chi connectivity index (χ0) is 10.2. The van der Waals surface area contributed by atoms with E-state index in [-0.39, 0.29) is 6.03 Å². The molecule has 0 aromatic carbocycles. The molecule has 0 radical (unpaired) electrons. The first-order valence-electron chi connectivity index (χ1n) is 3.85. The summed E-state index contributed by atoms with van der Waals surface area (Å²) in [5, 5.41) is 3.72. The van der Waals surface area contributed by atoms with E-state index in [4.69, 9.17) is 0 Å². The average molecular weight is 210 g/mol. The number of urea groups is 1. The lowest BCUT2D eigenvalue weighted by molar-refractivity contribution is 0.247. The summed E-state index contributed by atoms with van der Waals surface area (Å²) >= 11 is 1.21. The van der Waals surface area contributed by atoms with Crippen LogP contribution in [0.25, 0.3) is 0 Å². The Balaban J connectivity index is 2.38. The van der Waals surface area contributed by atoms with Gasteiger partial charge in [-0.25, -0.2) is 10.2 Å². The number of carbonyl (C=O) groups is 1. The van der Waals surface area contributed by atoms with E-state index in [9.17, 15) is 4.79 Å². The van der Waals surface area contributed by atoms with E-state index in [0.717, 1.165) is 5.56 Å². The van der Waals surface area contributed by atoms with Gasteiger partial charge in [-0.05, 0) is 6.07 Å².